The predicted octanol–water partition coefficient (Wildman–Crippen LogP) is 2.78. The summed E-state index contributed by atoms with van der Waals surface area (Å²) in [7, 11) is 0.600. The summed E-state index contributed by atoms with van der Waals surface area (Å²) in [5.74, 6) is 1.92. The van der Waals surface area contributed by atoms with Crippen LogP contribution in [0, 0.1) is 27.7 Å². The van der Waals surface area contributed by atoms with Gasteiger partial charge in [0.2, 0.25) is 0 Å². The Morgan fingerprint density at radius 2 is 1.15 bits per heavy atom. The lowest BCUT2D eigenvalue weighted by atomic mass is 10.1. The summed E-state index contributed by atoms with van der Waals surface area (Å²) in [6.45, 7) is 8.52. The number of fused-ring (bicyclic) bond motifs is 2. The lowest BCUT2D eigenvalue weighted by Crippen LogP contribution is -2.48. The highest BCUT2D eigenvalue weighted by Gasteiger charge is 2.31. The molecule has 20 heavy (non-hydrogen) atoms. The molecule has 0 atom stereocenters. The van der Waals surface area contributed by atoms with Gasteiger partial charge >= 0.3 is 0 Å². The minimum atomic E-state index is -1.20. The van der Waals surface area contributed by atoms with Crippen molar-refractivity contribution in [3.05, 3.63) is 46.5 Å². The van der Waals surface area contributed by atoms with E-state index in [9.17, 15) is 0 Å². The van der Waals surface area contributed by atoms with Crippen LogP contribution in [0.2, 0.25) is 0 Å². The Balaban J connectivity index is 2.22. The Labute approximate surface area is 122 Å². The molecule has 0 aliphatic carbocycles. The fourth-order valence-corrected chi connectivity index (χ4v) is 4.71. The second kappa shape index (κ2) is 4.76. The number of hydrogen-bond acceptors (Lipinski definition) is 2. The van der Waals surface area contributed by atoms with Crippen LogP contribution >= 0.6 is 0 Å². The fraction of sp³-hybridized carbons (Fsp3) is 0.294. The first-order chi connectivity index (χ1) is 9.51. The van der Waals surface area contributed by atoms with Gasteiger partial charge in [-0.1, -0.05) is 12.1 Å². The van der Waals surface area contributed by atoms with Crippen LogP contribution in [0.1, 0.15) is 22.3 Å². The summed E-state index contributed by atoms with van der Waals surface area (Å²) in [6.07, 6.45) is 0. The van der Waals surface area contributed by atoms with Crippen LogP contribution in [0.25, 0.3) is 0 Å². The van der Waals surface area contributed by atoms with E-state index < -0.39 is 9.04 Å². The summed E-state index contributed by atoms with van der Waals surface area (Å²) < 4.78 is 12.0. The number of hydrogen-bond donors (Lipinski definition) is 0. The summed E-state index contributed by atoms with van der Waals surface area (Å²) in [4.78, 5) is 0. The molecule has 0 spiro atoms. The number of benzene rings is 2. The zero-order valence-electron chi connectivity index (χ0n) is 12.6. The molecule has 3 rings (SSSR count). The minimum absolute atomic E-state index is 0.958. The van der Waals surface area contributed by atoms with Crippen LogP contribution in [0.5, 0.6) is 11.5 Å². The molecular weight excluding hydrogens is 264 g/mol. The molecule has 1 aliphatic rings. The highest BCUT2D eigenvalue weighted by Crippen LogP contribution is 2.28. The van der Waals surface area contributed by atoms with Gasteiger partial charge in [0.25, 0.3) is 9.04 Å². The van der Waals surface area contributed by atoms with Crippen LogP contribution in [-0.2, 0) is 4.43 Å². The molecule has 1 heterocycles. The van der Waals surface area contributed by atoms with E-state index in [1.165, 1.54) is 32.6 Å². The first-order valence-electron chi connectivity index (χ1n) is 6.83. The molecule has 103 valence electrons. The number of ether oxygens (including phenoxy) is 1. The molecule has 0 fully saturated rings. The summed E-state index contributed by atoms with van der Waals surface area (Å²) >= 11 is 0. The van der Waals surface area contributed by atoms with Crippen molar-refractivity contribution in [3.63, 3.8) is 0 Å². The van der Waals surface area contributed by atoms with Crippen molar-refractivity contribution in [2.45, 2.75) is 27.7 Å². The van der Waals surface area contributed by atoms with Gasteiger partial charge in [-0.05, 0) is 62.1 Å². The van der Waals surface area contributed by atoms with Crippen LogP contribution in [0.15, 0.2) is 24.3 Å². The minimum Gasteiger partial charge on any atom is -0.457 e. The maximum Gasteiger partial charge on any atom is 0.290 e. The lowest BCUT2D eigenvalue weighted by molar-refractivity contribution is 0.427. The maximum atomic E-state index is 6.13. The van der Waals surface area contributed by atoms with Crippen molar-refractivity contribution in [1.29, 1.82) is 0 Å². The molecule has 0 unspecified atom stereocenters. The van der Waals surface area contributed by atoms with E-state index in [0.29, 0.717) is 0 Å². The van der Waals surface area contributed by atoms with Crippen molar-refractivity contribution in [2.24, 2.45) is 0 Å². The van der Waals surface area contributed by atoms with Crippen LogP contribution in [0.4, 0.5) is 0 Å². The molecule has 1 aliphatic heterocycles. The largest absolute Gasteiger partial charge is 0.457 e. The van der Waals surface area contributed by atoms with Gasteiger partial charge in [-0.2, -0.15) is 0 Å². The lowest BCUT2D eigenvalue weighted by Gasteiger charge is -2.27. The fourth-order valence-electron chi connectivity index (χ4n) is 2.59. The monoisotopic (exact) mass is 283 g/mol. The van der Waals surface area contributed by atoms with Crippen molar-refractivity contribution < 1.29 is 9.16 Å². The second-order valence-electron chi connectivity index (χ2n) is 5.50. The zero-order valence-corrected chi connectivity index (χ0v) is 13.6. The average molecular weight is 283 g/mol. The van der Waals surface area contributed by atoms with Gasteiger partial charge in [-0.25, -0.2) is 0 Å². The van der Waals surface area contributed by atoms with Crippen molar-refractivity contribution in [3.8, 4) is 11.5 Å². The van der Waals surface area contributed by atoms with Gasteiger partial charge in [0.15, 0.2) is 0 Å². The zero-order chi connectivity index (χ0) is 14.4. The Morgan fingerprint density at radius 3 is 1.55 bits per heavy atom. The van der Waals surface area contributed by atoms with Crippen LogP contribution in [0.3, 0.4) is 0 Å². The summed E-state index contributed by atoms with van der Waals surface area (Å²) in [5.41, 5.74) is 5.10. The van der Waals surface area contributed by atoms with E-state index in [0.717, 1.165) is 11.5 Å². The highest BCUT2D eigenvalue weighted by atomic mass is 28.3. The molecular formula is C17H19O2Si. The number of rotatable bonds is 1. The van der Waals surface area contributed by atoms with E-state index in [1.807, 2.05) is 0 Å². The summed E-state index contributed by atoms with van der Waals surface area (Å²) in [6, 6.07) is 8.71. The van der Waals surface area contributed by atoms with E-state index in [-0.39, 0.29) is 0 Å². The van der Waals surface area contributed by atoms with Gasteiger partial charge in [0.05, 0.1) is 0 Å². The molecule has 0 N–H and O–H groups in total. The van der Waals surface area contributed by atoms with Gasteiger partial charge < -0.3 is 9.16 Å². The van der Waals surface area contributed by atoms with Crippen LogP contribution < -0.4 is 15.1 Å². The Hall–Kier alpha value is -1.58. The van der Waals surface area contributed by atoms with Gasteiger partial charge in [-0.3, -0.25) is 0 Å². The van der Waals surface area contributed by atoms with E-state index >= 15 is 0 Å². The van der Waals surface area contributed by atoms with Crippen molar-refractivity contribution >= 4 is 19.4 Å². The molecule has 2 nitrogen and oxygen atoms in total. The van der Waals surface area contributed by atoms with Crippen LogP contribution in [-0.4, -0.2) is 16.2 Å². The van der Waals surface area contributed by atoms with E-state index in [1.54, 1.807) is 7.11 Å². The molecule has 0 saturated heterocycles. The third-order valence-corrected chi connectivity index (χ3v) is 6.27. The molecule has 1 radical (unpaired) electrons. The molecule has 3 heteroatoms. The Bertz CT molecular complexity index is 634. The third-order valence-electron chi connectivity index (χ3n) is 4.11. The average Bonchev–Trinajstić information content (AvgIpc) is 2.40. The smallest absolute Gasteiger partial charge is 0.290 e. The summed E-state index contributed by atoms with van der Waals surface area (Å²) in [5, 5.41) is 2.44. The molecule has 0 aromatic heterocycles. The predicted molar refractivity (Wildman–Crippen MR) is 83.9 cm³/mol. The number of aryl methyl sites for hydroxylation is 4. The van der Waals surface area contributed by atoms with E-state index in [2.05, 4.69) is 52.0 Å². The Morgan fingerprint density at radius 1 is 0.750 bits per heavy atom. The molecule has 0 amide bonds. The molecule has 0 bridgehead atoms. The SMILES string of the molecule is CO[Si]1c2cc(C)c(C)cc2Oc2cc(C)c(C)cc21. The molecule has 2 aromatic carbocycles. The van der Waals surface area contributed by atoms with Gasteiger partial charge in [0, 0.05) is 17.5 Å². The maximum absolute atomic E-state index is 6.13. The standard InChI is InChI=1S/C17H19O2Si/c1-10-6-14-16(8-12(10)3)20(18-5)17-9-13(4)11(2)7-15(17)19-14/h6-9H,1-5H3. The topological polar surface area (TPSA) is 18.5 Å². The normalized spacial score (nSPS) is 13.7. The van der Waals surface area contributed by atoms with E-state index in [4.69, 9.17) is 9.16 Å². The van der Waals surface area contributed by atoms with Crippen molar-refractivity contribution in [2.75, 3.05) is 7.11 Å². The second-order valence-corrected chi connectivity index (χ2v) is 7.64. The molecule has 0 saturated carbocycles. The Kier molecular flexibility index (Phi) is 3.19. The van der Waals surface area contributed by atoms with Crippen molar-refractivity contribution in [1.82, 2.24) is 0 Å². The quantitative estimate of drug-likeness (QED) is 0.749. The highest BCUT2D eigenvalue weighted by molar-refractivity contribution is 6.82. The van der Waals surface area contributed by atoms with Gasteiger partial charge in [-0.15, -0.1) is 0 Å². The van der Waals surface area contributed by atoms with Gasteiger partial charge in [0.1, 0.15) is 11.5 Å². The third kappa shape index (κ3) is 1.98. The first-order valence-corrected chi connectivity index (χ1v) is 8.24. The molecule has 2 aromatic rings. The first kappa shape index (κ1) is 13.4.